The van der Waals surface area contributed by atoms with Crippen LogP contribution in [0.1, 0.15) is 23.6 Å². The number of nitrogens with zero attached hydrogens (tertiary/aromatic N) is 1. The van der Waals surface area contributed by atoms with Crippen LogP contribution < -0.4 is 10.1 Å². The van der Waals surface area contributed by atoms with Gasteiger partial charge >= 0.3 is 0 Å². The molecule has 21 heavy (non-hydrogen) atoms. The summed E-state index contributed by atoms with van der Waals surface area (Å²) in [6.45, 7) is 4.21. The van der Waals surface area contributed by atoms with Crippen LogP contribution in [0.2, 0.25) is 0 Å². The fraction of sp³-hybridized carbons (Fsp3) is 0.235. The first kappa shape index (κ1) is 15.6. The van der Waals surface area contributed by atoms with E-state index in [-0.39, 0.29) is 0 Å². The van der Waals surface area contributed by atoms with Crippen LogP contribution in [0.5, 0.6) is 5.75 Å². The summed E-state index contributed by atoms with van der Waals surface area (Å²) in [4.78, 5) is 0. The zero-order chi connectivity index (χ0) is 15.1. The van der Waals surface area contributed by atoms with Crippen LogP contribution in [0.15, 0.2) is 46.9 Å². The largest absolute Gasteiger partial charge is 0.489 e. The Balaban J connectivity index is 2.10. The maximum absolute atomic E-state index is 8.91. The van der Waals surface area contributed by atoms with Gasteiger partial charge in [-0.25, -0.2) is 0 Å². The highest BCUT2D eigenvalue weighted by molar-refractivity contribution is 9.10. The molecule has 0 spiro atoms. The first-order valence-corrected chi connectivity index (χ1v) is 7.63. The van der Waals surface area contributed by atoms with Gasteiger partial charge in [0.25, 0.3) is 0 Å². The SMILES string of the molecule is CCNCc1cc(Br)ccc1OCc1cccc(C#N)c1. The van der Waals surface area contributed by atoms with Gasteiger partial charge in [0.1, 0.15) is 12.4 Å². The van der Waals surface area contributed by atoms with Crippen molar-refractivity contribution in [1.82, 2.24) is 5.32 Å². The van der Waals surface area contributed by atoms with Gasteiger partial charge in [0.2, 0.25) is 0 Å². The van der Waals surface area contributed by atoms with Crippen LogP contribution in [0, 0.1) is 11.3 Å². The Morgan fingerprint density at radius 3 is 2.86 bits per heavy atom. The molecule has 0 aliphatic heterocycles. The van der Waals surface area contributed by atoms with Crippen LogP contribution >= 0.6 is 15.9 Å². The van der Waals surface area contributed by atoms with Gasteiger partial charge in [-0.3, -0.25) is 0 Å². The molecule has 0 unspecified atom stereocenters. The van der Waals surface area contributed by atoms with E-state index in [1.807, 2.05) is 30.3 Å². The van der Waals surface area contributed by atoms with Crippen molar-refractivity contribution in [2.75, 3.05) is 6.54 Å². The molecule has 0 bridgehead atoms. The van der Waals surface area contributed by atoms with E-state index in [1.54, 1.807) is 6.07 Å². The molecule has 0 fully saturated rings. The molecular weight excluding hydrogens is 328 g/mol. The minimum absolute atomic E-state index is 0.455. The predicted octanol–water partition coefficient (Wildman–Crippen LogP) is 4.01. The maximum Gasteiger partial charge on any atom is 0.124 e. The van der Waals surface area contributed by atoms with Crippen molar-refractivity contribution in [3.8, 4) is 11.8 Å². The summed E-state index contributed by atoms with van der Waals surface area (Å²) >= 11 is 3.48. The predicted molar refractivity (Wildman–Crippen MR) is 87.0 cm³/mol. The lowest BCUT2D eigenvalue weighted by atomic mass is 10.1. The van der Waals surface area contributed by atoms with E-state index in [0.717, 1.165) is 34.4 Å². The molecule has 3 nitrogen and oxygen atoms in total. The molecule has 2 rings (SSSR count). The zero-order valence-electron chi connectivity index (χ0n) is 11.9. The van der Waals surface area contributed by atoms with Gasteiger partial charge in [-0.1, -0.05) is 35.0 Å². The summed E-state index contributed by atoms with van der Waals surface area (Å²) in [6.07, 6.45) is 0. The van der Waals surface area contributed by atoms with Crippen molar-refractivity contribution in [3.05, 3.63) is 63.6 Å². The molecule has 0 aliphatic carbocycles. The highest BCUT2D eigenvalue weighted by Crippen LogP contribution is 2.24. The molecule has 0 radical (unpaired) electrons. The van der Waals surface area contributed by atoms with Crippen molar-refractivity contribution < 1.29 is 4.74 Å². The van der Waals surface area contributed by atoms with Gasteiger partial charge in [0.05, 0.1) is 11.6 Å². The molecule has 0 atom stereocenters. The van der Waals surface area contributed by atoms with E-state index in [1.165, 1.54) is 0 Å². The first-order chi connectivity index (χ1) is 10.2. The second kappa shape index (κ2) is 7.82. The first-order valence-electron chi connectivity index (χ1n) is 6.84. The third-order valence-corrected chi connectivity index (χ3v) is 3.53. The van der Waals surface area contributed by atoms with Crippen LogP contribution in [-0.4, -0.2) is 6.54 Å². The minimum atomic E-state index is 0.455. The molecule has 0 aromatic heterocycles. The quantitative estimate of drug-likeness (QED) is 0.860. The summed E-state index contributed by atoms with van der Waals surface area (Å²) in [5.74, 6) is 0.863. The summed E-state index contributed by atoms with van der Waals surface area (Å²) < 4.78 is 6.94. The fourth-order valence-electron chi connectivity index (χ4n) is 1.98. The van der Waals surface area contributed by atoms with Crippen molar-refractivity contribution >= 4 is 15.9 Å². The Kier molecular flexibility index (Phi) is 5.79. The second-order valence-electron chi connectivity index (χ2n) is 4.63. The van der Waals surface area contributed by atoms with Gasteiger partial charge < -0.3 is 10.1 Å². The number of benzene rings is 2. The van der Waals surface area contributed by atoms with Crippen LogP contribution in [0.4, 0.5) is 0 Å². The lowest BCUT2D eigenvalue weighted by Gasteiger charge is -2.12. The average Bonchev–Trinajstić information content (AvgIpc) is 2.52. The molecule has 0 saturated heterocycles. The molecule has 4 heteroatoms. The normalized spacial score (nSPS) is 10.1. The van der Waals surface area contributed by atoms with Crippen molar-refractivity contribution in [2.24, 2.45) is 0 Å². The zero-order valence-corrected chi connectivity index (χ0v) is 13.5. The van der Waals surface area contributed by atoms with Crippen molar-refractivity contribution in [3.63, 3.8) is 0 Å². The molecule has 1 N–H and O–H groups in total. The second-order valence-corrected chi connectivity index (χ2v) is 5.55. The van der Waals surface area contributed by atoms with E-state index in [4.69, 9.17) is 10.00 Å². The standard InChI is InChI=1S/C17H17BrN2O/c1-2-20-11-15-9-16(18)6-7-17(15)21-12-14-5-3-4-13(8-14)10-19/h3-9,20H,2,11-12H2,1H3. The monoisotopic (exact) mass is 344 g/mol. The summed E-state index contributed by atoms with van der Waals surface area (Å²) in [5, 5.41) is 12.2. The molecule has 2 aromatic rings. The Hall–Kier alpha value is -1.83. The number of hydrogen-bond donors (Lipinski definition) is 1. The van der Waals surface area contributed by atoms with Gasteiger partial charge in [0.15, 0.2) is 0 Å². The highest BCUT2D eigenvalue weighted by atomic mass is 79.9. The molecule has 2 aromatic carbocycles. The van der Waals surface area contributed by atoms with Crippen LogP contribution in [0.3, 0.4) is 0 Å². The van der Waals surface area contributed by atoms with Crippen molar-refractivity contribution in [2.45, 2.75) is 20.1 Å². The third kappa shape index (κ3) is 4.59. The molecule has 0 amide bonds. The molecular formula is C17H17BrN2O. The average molecular weight is 345 g/mol. The molecule has 0 saturated carbocycles. The Bertz CT molecular complexity index is 649. The van der Waals surface area contributed by atoms with E-state index < -0.39 is 0 Å². The lowest BCUT2D eigenvalue weighted by Crippen LogP contribution is -2.13. The van der Waals surface area contributed by atoms with Crippen LogP contribution in [-0.2, 0) is 13.2 Å². The topological polar surface area (TPSA) is 45.0 Å². The van der Waals surface area contributed by atoms with Crippen molar-refractivity contribution in [1.29, 1.82) is 5.26 Å². The molecule has 0 aliphatic rings. The minimum Gasteiger partial charge on any atom is -0.489 e. The smallest absolute Gasteiger partial charge is 0.124 e. The number of rotatable bonds is 6. The van der Waals surface area contributed by atoms with E-state index in [9.17, 15) is 0 Å². The van der Waals surface area contributed by atoms with Crippen LogP contribution in [0.25, 0.3) is 0 Å². The van der Waals surface area contributed by atoms with E-state index >= 15 is 0 Å². The van der Waals surface area contributed by atoms with E-state index in [0.29, 0.717) is 12.2 Å². The summed E-state index contributed by atoms with van der Waals surface area (Å²) in [7, 11) is 0. The Labute approximate surface area is 133 Å². The number of nitriles is 1. The van der Waals surface area contributed by atoms with Gasteiger partial charge in [0, 0.05) is 16.6 Å². The lowest BCUT2D eigenvalue weighted by molar-refractivity contribution is 0.302. The van der Waals surface area contributed by atoms with Gasteiger partial charge in [-0.05, 0) is 42.4 Å². The third-order valence-electron chi connectivity index (χ3n) is 3.04. The number of halogens is 1. The van der Waals surface area contributed by atoms with Gasteiger partial charge in [-0.15, -0.1) is 0 Å². The number of ether oxygens (including phenoxy) is 1. The number of hydrogen-bond acceptors (Lipinski definition) is 3. The summed E-state index contributed by atoms with van der Waals surface area (Å²) in [5.41, 5.74) is 2.76. The number of nitrogens with one attached hydrogen (secondary N) is 1. The maximum atomic E-state index is 8.91. The Morgan fingerprint density at radius 1 is 1.24 bits per heavy atom. The van der Waals surface area contributed by atoms with Gasteiger partial charge in [-0.2, -0.15) is 5.26 Å². The fourth-order valence-corrected chi connectivity index (χ4v) is 2.39. The summed E-state index contributed by atoms with van der Waals surface area (Å²) in [6, 6.07) is 15.6. The van der Waals surface area contributed by atoms with E-state index in [2.05, 4.69) is 40.3 Å². The molecule has 0 heterocycles. The highest BCUT2D eigenvalue weighted by Gasteiger charge is 2.05. The Morgan fingerprint density at radius 2 is 2.10 bits per heavy atom. The molecule has 108 valence electrons.